The van der Waals surface area contributed by atoms with Gasteiger partial charge in [0.25, 0.3) is 0 Å². The van der Waals surface area contributed by atoms with Gasteiger partial charge < -0.3 is 19.5 Å². The third kappa shape index (κ3) is 6.76. The average molecular weight is 414 g/mol. The molecule has 0 saturated carbocycles. The van der Waals surface area contributed by atoms with Crippen LogP contribution >= 0.6 is 0 Å². The summed E-state index contributed by atoms with van der Waals surface area (Å²) in [5.74, 6) is 3.32. The SMILES string of the molecule is CN=C(NCCc1ccc(OCC(C)C)cc1)N1CCN(Cc2cc(C)on2)CC1. The van der Waals surface area contributed by atoms with Gasteiger partial charge >= 0.3 is 0 Å². The van der Waals surface area contributed by atoms with Crippen molar-refractivity contribution in [2.24, 2.45) is 10.9 Å². The summed E-state index contributed by atoms with van der Waals surface area (Å²) in [6.45, 7) is 12.6. The van der Waals surface area contributed by atoms with Crippen molar-refractivity contribution in [3.8, 4) is 5.75 Å². The second kappa shape index (κ2) is 11.0. The van der Waals surface area contributed by atoms with Gasteiger partial charge in [-0.2, -0.15) is 0 Å². The Morgan fingerprint density at radius 2 is 1.93 bits per heavy atom. The van der Waals surface area contributed by atoms with Crippen molar-refractivity contribution in [3.63, 3.8) is 0 Å². The molecule has 2 aromatic rings. The number of hydrogen-bond donors (Lipinski definition) is 1. The molecular weight excluding hydrogens is 378 g/mol. The molecule has 0 radical (unpaired) electrons. The minimum Gasteiger partial charge on any atom is -0.493 e. The van der Waals surface area contributed by atoms with Gasteiger partial charge in [-0.1, -0.05) is 31.1 Å². The Morgan fingerprint density at radius 1 is 1.20 bits per heavy atom. The summed E-state index contributed by atoms with van der Waals surface area (Å²) in [6.07, 6.45) is 0.953. The van der Waals surface area contributed by atoms with Crippen LogP contribution < -0.4 is 10.1 Å². The van der Waals surface area contributed by atoms with E-state index in [9.17, 15) is 0 Å². The maximum Gasteiger partial charge on any atom is 0.193 e. The smallest absolute Gasteiger partial charge is 0.193 e. The molecule has 30 heavy (non-hydrogen) atoms. The quantitative estimate of drug-likeness (QED) is 0.530. The molecule has 7 heteroatoms. The highest BCUT2D eigenvalue weighted by atomic mass is 16.5. The van der Waals surface area contributed by atoms with Crippen LogP contribution in [0.1, 0.15) is 30.9 Å². The number of aromatic nitrogens is 1. The summed E-state index contributed by atoms with van der Waals surface area (Å²) in [5, 5.41) is 7.61. The van der Waals surface area contributed by atoms with Crippen molar-refractivity contribution >= 4 is 5.96 Å². The topological polar surface area (TPSA) is 66.1 Å². The van der Waals surface area contributed by atoms with Crippen molar-refractivity contribution < 1.29 is 9.26 Å². The van der Waals surface area contributed by atoms with Crippen LogP contribution in [0, 0.1) is 12.8 Å². The summed E-state index contributed by atoms with van der Waals surface area (Å²) < 4.78 is 10.9. The molecule has 0 aliphatic carbocycles. The van der Waals surface area contributed by atoms with Gasteiger partial charge in [0.15, 0.2) is 5.96 Å². The molecule has 0 unspecified atom stereocenters. The molecule has 0 bridgehead atoms. The molecule has 0 amide bonds. The van der Waals surface area contributed by atoms with Crippen LogP contribution in [-0.4, -0.2) is 67.3 Å². The van der Waals surface area contributed by atoms with Crippen LogP contribution in [0.2, 0.25) is 0 Å². The summed E-state index contributed by atoms with van der Waals surface area (Å²) >= 11 is 0. The van der Waals surface area contributed by atoms with E-state index < -0.39 is 0 Å². The Balaban J connectivity index is 1.38. The van der Waals surface area contributed by atoms with E-state index in [1.165, 1.54) is 5.56 Å². The van der Waals surface area contributed by atoms with Crippen molar-refractivity contribution in [3.05, 3.63) is 47.3 Å². The highest BCUT2D eigenvalue weighted by Gasteiger charge is 2.20. The van der Waals surface area contributed by atoms with E-state index in [1.54, 1.807) is 0 Å². The van der Waals surface area contributed by atoms with Crippen molar-refractivity contribution in [1.82, 2.24) is 20.3 Å². The van der Waals surface area contributed by atoms with Gasteiger partial charge in [-0.05, 0) is 37.0 Å². The van der Waals surface area contributed by atoms with Crippen molar-refractivity contribution in [2.75, 3.05) is 46.4 Å². The lowest BCUT2D eigenvalue weighted by Crippen LogP contribution is -2.52. The molecule has 1 aliphatic heterocycles. The Bertz CT molecular complexity index is 792. The number of aryl methyl sites for hydroxylation is 1. The molecule has 1 saturated heterocycles. The minimum absolute atomic E-state index is 0.536. The third-order valence-corrected chi connectivity index (χ3v) is 5.15. The average Bonchev–Trinajstić information content (AvgIpc) is 3.16. The lowest BCUT2D eigenvalue weighted by molar-refractivity contribution is 0.169. The summed E-state index contributed by atoms with van der Waals surface area (Å²) in [6, 6.07) is 10.4. The van der Waals surface area contributed by atoms with Crippen LogP contribution in [-0.2, 0) is 13.0 Å². The number of aliphatic imine (C=N–C) groups is 1. The second-order valence-corrected chi connectivity index (χ2v) is 8.26. The third-order valence-electron chi connectivity index (χ3n) is 5.15. The highest BCUT2D eigenvalue weighted by molar-refractivity contribution is 5.80. The van der Waals surface area contributed by atoms with Gasteiger partial charge in [-0.25, -0.2) is 0 Å². The zero-order valence-corrected chi connectivity index (χ0v) is 18.7. The largest absolute Gasteiger partial charge is 0.493 e. The van der Waals surface area contributed by atoms with Crippen molar-refractivity contribution in [1.29, 1.82) is 0 Å². The summed E-state index contributed by atoms with van der Waals surface area (Å²) in [7, 11) is 1.85. The lowest BCUT2D eigenvalue weighted by Gasteiger charge is -2.36. The first-order valence-corrected chi connectivity index (χ1v) is 10.9. The van der Waals surface area contributed by atoms with Crippen molar-refractivity contribution in [2.45, 2.75) is 33.7 Å². The van der Waals surface area contributed by atoms with Crippen LogP contribution in [0.3, 0.4) is 0 Å². The number of hydrogen-bond acceptors (Lipinski definition) is 5. The lowest BCUT2D eigenvalue weighted by atomic mass is 10.1. The van der Waals surface area contributed by atoms with Crippen LogP contribution in [0.5, 0.6) is 5.75 Å². The Hall–Kier alpha value is -2.54. The van der Waals surface area contributed by atoms with E-state index in [2.05, 4.69) is 63.4 Å². The van der Waals surface area contributed by atoms with E-state index in [1.807, 2.05) is 20.0 Å². The van der Waals surface area contributed by atoms with Crippen LogP contribution in [0.25, 0.3) is 0 Å². The van der Waals surface area contributed by atoms with Crippen LogP contribution in [0.4, 0.5) is 0 Å². The van der Waals surface area contributed by atoms with Gasteiger partial charge in [0.05, 0.1) is 12.3 Å². The molecule has 0 atom stereocenters. The molecule has 7 nitrogen and oxygen atoms in total. The Labute approximate surface area is 180 Å². The molecular formula is C23H35N5O2. The highest BCUT2D eigenvalue weighted by Crippen LogP contribution is 2.14. The zero-order chi connectivity index (χ0) is 21.3. The second-order valence-electron chi connectivity index (χ2n) is 8.26. The number of nitrogens with one attached hydrogen (secondary N) is 1. The van der Waals surface area contributed by atoms with Crippen LogP contribution in [0.15, 0.2) is 39.8 Å². The first-order valence-electron chi connectivity index (χ1n) is 10.9. The maximum atomic E-state index is 5.75. The fourth-order valence-electron chi connectivity index (χ4n) is 3.51. The molecule has 164 valence electrons. The zero-order valence-electron chi connectivity index (χ0n) is 18.7. The first kappa shape index (κ1) is 22.2. The number of nitrogens with zero attached hydrogens (tertiary/aromatic N) is 4. The van der Waals surface area contributed by atoms with E-state index in [4.69, 9.17) is 9.26 Å². The first-order chi connectivity index (χ1) is 14.5. The number of rotatable bonds is 8. The van der Waals surface area contributed by atoms with E-state index in [0.717, 1.165) is 75.5 Å². The number of ether oxygens (including phenoxy) is 1. The Kier molecular flexibility index (Phi) is 8.13. The number of piperazine rings is 1. The molecule has 1 aliphatic rings. The molecule has 1 N–H and O–H groups in total. The van der Waals surface area contributed by atoms with Gasteiger partial charge in [0, 0.05) is 52.4 Å². The fourth-order valence-corrected chi connectivity index (χ4v) is 3.51. The molecule has 1 aromatic carbocycles. The van der Waals surface area contributed by atoms with Gasteiger partial charge in [0.2, 0.25) is 0 Å². The molecule has 3 rings (SSSR count). The summed E-state index contributed by atoms with van der Waals surface area (Å²) in [4.78, 5) is 9.21. The van der Waals surface area contributed by atoms with E-state index >= 15 is 0 Å². The monoisotopic (exact) mass is 413 g/mol. The van der Waals surface area contributed by atoms with E-state index in [0.29, 0.717) is 5.92 Å². The molecule has 1 aromatic heterocycles. The normalized spacial score (nSPS) is 15.6. The van der Waals surface area contributed by atoms with Gasteiger partial charge in [-0.15, -0.1) is 0 Å². The molecule has 2 heterocycles. The van der Waals surface area contributed by atoms with Gasteiger partial charge in [0.1, 0.15) is 11.5 Å². The number of benzene rings is 1. The summed E-state index contributed by atoms with van der Waals surface area (Å²) in [5.41, 5.74) is 2.30. The molecule has 0 spiro atoms. The Morgan fingerprint density at radius 3 is 2.53 bits per heavy atom. The predicted molar refractivity (Wildman–Crippen MR) is 120 cm³/mol. The van der Waals surface area contributed by atoms with E-state index in [-0.39, 0.29) is 0 Å². The fraction of sp³-hybridized carbons (Fsp3) is 0.565. The van der Waals surface area contributed by atoms with Gasteiger partial charge in [-0.3, -0.25) is 9.89 Å². The minimum atomic E-state index is 0.536. The standard InChI is InChI=1S/C23H35N5O2/c1-18(2)17-29-22-7-5-20(6-8-22)9-10-25-23(24-4)28-13-11-27(12-14-28)16-21-15-19(3)30-26-21/h5-8,15,18H,9-14,16-17H2,1-4H3,(H,24,25). The maximum absolute atomic E-state index is 5.75. The predicted octanol–water partition coefficient (Wildman–Crippen LogP) is 2.95. The molecule has 1 fully saturated rings. The number of guanidine groups is 1.